The molecular formula is C7H12N4OS. The Morgan fingerprint density at radius 2 is 2.54 bits per heavy atom. The van der Waals surface area contributed by atoms with Crippen molar-refractivity contribution in [1.82, 2.24) is 9.36 Å². The monoisotopic (exact) mass is 200 g/mol. The number of nitrogen functional groups attached to an aromatic ring is 1. The Kier molecular flexibility index (Phi) is 2.32. The van der Waals surface area contributed by atoms with Gasteiger partial charge < -0.3 is 15.7 Å². The van der Waals surface area contributed by atoms with Crippen LogP contribution in [-0.2, 0) is 0 Å². The summed E-state index contributed by atoms with van der Waals surface area (Å²) in [4.78, 5) is 6.17. The number of nitrogens with zero attached hydrogens (tertiary/aromatic N) is 3. The van der Waals surface area contributed by atoms with Crippen LogP contribution in [0.1, 0.15) is 12.8 Å². The maximum absolute atomic E-state index is 9.09. The second kappa shape index (κ2) is 3.47. The number of aliphatic hydroxyl groups is 1. The van der Waals surface area contributed by atoms with E-state index in [1.807, 2.05) is 0 Å². The van der Waals surface area contributed by atoms with Crippen LogP contribution < -0.4 is 10.6 Å². The molecule has 3 N–H and O–H groups in total. The van der Waals surface area contributed by atoms with Crippen LogP contribution in [0.5, 0.6) is 0 Å². The lowest BCUT2D eigenvalue weighted by Gasteiger charge is -2.20. The van der Waals surface area contributed by atoms with E-state index in [1.165, 1.54) is 11.5 Å². The molecule has 2 rings (SSSR count). The van der Waals surface area contributed by atoms with Crippen LogP contribution in [0.3, 0.4) is 0 Å². The molecule has 1 unspecified atom stereocenters. The molecule has 0 aromatic carbocycles. The molecule has 6 heteroatoms. The lowest BCUT2D eigenvalue weighted by Crippen LogP contribution is -2.31. The van der Waals surface area contributed by atoms with Gasteiger partial charge in [-0.15, -0.1) is 0 Å². The van der Waals surface area contributed by atoms with Crippen LogP contribution >= 0.6 is 11.5 Å². The van der Waals surface area contributed by atoms with Gasteiger partial charge in [0.25, 0.3) is 0 Å². The van der Waals surface area contributed by atoms with Crippen molar-refractivity contribution in [1.29, 1.82) is 0 Å². The van der Waals surface area contributed by atoms with Gasteiger partial charge in [0.2, 0.25) is 11.1 Å². The Morgan fingerprint density at radius 1 is 1.69 bits per heavy atom. The van der Waals surface area contributed by atoms with Crippen LogP contribution in [0.2, 0.25) is 0 Å². The largest absolute Gasteiger partial charge is 0.394 e. The van der Waals surface area contributed by atoms with Gasteiger partial charge in [-0.1, -0.05) is 0 Å². The molecule has 2 heterocycles. The summed E-state index contributed by atoms with van der Waals surface area (Å²) in [7, 11) is 0. The van der Waals surface area contributed by atoms with E-state index in [9.17, 15) is 0 Å². The molecule has 1 atom stereocenters. The summed E-state index contributed by atoms with van der Waals surface area (Å²) in [6.45, 7) is 1.12. The van der Waals surface area contributed by atoms with Crippen LogP contribution in [0.25, 0.3) is 0 Å². The van der Waals surface area contributed by atoms with Gasteiger partial charge in [0.15, 0.2) is 0 Å². The van der Waals surface area contributed by atoms with Gasteiger partial charge in [0.05, 0.1) is 12.6 Å². The van der Waals surface area contributed by atoms with E-state index in [0.29, 0.717) is 5.95 Å². The highest BCUT2D eigenvalue weighted by Gasteiger charge is 2.26. The van der Waals surface area contributed by atoms with Gasteiger partial charge in [-0.2, -0.15) is 9.36 Å². The normalized spacial score (nSPS) is 22.5. The predicted octanol–water partition coefficient (Wildman–Crippen LogP) is 0.0814. The second-order valence-corrected chi connectivity index (χ2v) is 3.84. The zero-order valence-corrected chi connectivity index (χ0v) is 8.00. The minimum atomic E-state index is 0.180. The number of aromatic nitrogens is 2. The van der Waals surface area contributed by atoms with E-state index in [2.05, 4.69) is 14.3 Å². The van der Waals surface area contributed by atoms with Gasteiger partial charge in [0, 0.05) is 18.1 Å². The third-order valence-corrected chi connectivity index (χ3v) is 3.03. The summed E-state index contributed by atoms with van der Waals surface area (Å²) < 4.78 is 3.91. The first-order valence-electron chi connectivity index (χ1n) is 4.28. The molecule has 0 aliphatic carbocycles. The fraction of sp³-hybridized carbons (Fsp3) is 0.714. The van der Waals surface area contributed by atoms with Crippen molar-refractivity contribution in [2.75, 3.05) is 23.8 Å². The number of rotatable bonds is 2. The van der Waals surface area contributed by atoms with Crippen LogP contribution in [0.4, 0.5) is 11.1 Å². The smallest absolute Gasteiger partial charge is 0.233 e. The van der Waals surface area contributed by atoms with E-state index >= 15 is 0 Å². The third kappa shape index (κ3) is 1.59. The molecule has 0 saturated carbocycles. The highest BCUT2D eigenvalue weighted by atomic mass is 32.1. The summed E-state index contributed by atoms with van der Waals surface area (Å²) >= 11 is 1.29. The fourth-order valence-electron chi connectivity index (χ4n) is 1.62. The van der Waals surface area contributed by atoms with Crippen molar-refractivity contribution < 1.29 is 5.11 Å². The van der Waals surface area contributed by atoms with E-state index in [0.717, 1.165) is 24.5 Å². The molecule has 1 saturated heterocycles. The molecular weight excluding hydrogens is 188 g/mol. The molecule has 1 aliphatic heterocycles. The van der Waals surface area contributed by atoms with Crippen molar-refractivity contribution >= 4 is 22.6 Å². The number of aliphatic hydroxyl groups excluding tert-OH is 1. The van der Waals surface area contributed by atoms with Crippen molar-refractivity contribution in [3.63, 3.8) is 0 Å². The third-order valence-electron chi connectivity index (χ3n) is 2.26. The molecule has 1 aliphatic rings. The van der Waals surface area contributed by atoms with Crippen molar-refractivity contribution in [2.45, 2.75) is 18.9 Å². The number of anilines is 2. The van der Waals surface area contributed by atoms with E-state index in [1.54, 1.807) is 0 Å². The summed E-state index contributed by atoms with van der Waals surface area (Å²) in [6, 6.07) is 0.201. The maximum atomic E-state index is 9.09. The first-order valence-corrected chi connectivity index (χ1v) is 5.05. The Bertz CT molecular complexity index is 290. The molecule has 1 aromatic rings. The van der Waals surface area contributed by atoms with Gasteiger partial charge >= 0.3 is 0 Å². The summed E-state index contributed by atoms with van der Waals surface area (Å²) in [5.74, 6) is 0.323. The summed E-state index contributed by atoms with van der Waals surface area (Å²) in [6.07, 6.45) is 2.13. The van der Waals surface area contributed by atoms with E-state index in [-0.39, 0.29) is 12.6 Å². The van der Waals surface area contributed by atoms with Gasteiger partial charge in [-0.3, -0.25) is 0 Å². The maximum Gasteiger partial charge on any atom is 0.233 e. The minimum Gasteiger partial charge on any atom is -0.394 e. The SMILES string of the molecule is Nc1nsc(N2CCCC2CO)n1. The number of hydrogen-bond acceptors (Lipinski definition) is 6. The van der Waals surface area contributed by atoms with Gasteiger partial charge in [-0.25, -0.2) is 0 Å². The molecule has 0 radical (unpaired) electrons. The number of hydrogen-bond donors (Lipinski definition) is 2. The second-order valence-electron chi connectivity index (χ2n) is 3.11. The molecule has 13 heavy (non-hydrogen) atoms. The molecule has 0 spiro atoms. The van der Waals surface area contributed by atoms with Crippen molar-refractivity contribution in [2.24, 2.45) is 0 Å². The fourth-order valence-corrected chi connectivity index (χ4v) is 2.32. The Labute approximate surface area is 80.4 Å². The standard InChI is InChI=1S/C7H12N4OS/c8-6-9-7(13-10-6)11-3-1-2-5(11)4-12/h5,12H,1-4H2,(H2,8,10). The predicted molar refractivity (Wildman–Crippen MR) is 51.8 cm³/mol. The molecule has 1 aromatic heterocycles. The summed E-state index contributed by atoms with van der Waals surface area (Å²) in [5.41, 5.74) is 5.43. The van der Waals surface area contributed by atoms with Crippen molar-refractivity contribution in [3.05, 3.63) is 0 Å². The van der Waals surface area contributed by atoms with Crippen molar-refractivity contribution in [3.8, 4) is 0 Å². The topological polar surface area (TPSA) is 75.3 Å². The first-order chi connectivity index (χ1) is 6.31. The zero-order chi connectivity index (χ0) is 9.26. The Hall–Kier alpha value is -0.880. The lowest BCUT2D eigenvalue weighted by atomic mass is 10.2. The zero-order valence-electron chi connectivity index (χ0n) is 7.18. The lowest BCUT2D eigenvalue weighted by molar-refractivity contribution is 0.266. The van der Waals surface area contributed by atoms with Crippen LogP contribution in [0, 0.1) is 0 Å². The van der Waals surface area contributed by atoms with E-state index < -0.39 is 0 Å². The minimum absolute atomic E-state index is 0.180. The molecule has 72 valence electrons. The quantitative estimate of drug-likeness (QED) is 0.707. The first kappa shape index (κ1) is 8.71. The van der Waals surface area contributed by atoms with Gasteiger partial charge in [0.1, 0.15) is 0 Å². The summed E-state index contributed by atoms with van der Waals surface area (Å²) in [5, 5.41) is 9.92. The molecule has 0 bridgehead atoms. The number of nitrogens with two attached hydrogens (primary N) is 1. The highest BCUT2D eigenvalue weighted by molar-refractivity contribution is 7.09. The highest BCUT2D eigenvalue weighted by Crippen LogP contribution is 2.26. The molecule has 5 nitrogen and oxygen atoms in total. The Balaban J connectivity index is 2.15. The van der Waals surface area contributed by atoms with Gasteiger partial charge in [-0.05, 0) is 12.8 Å². The average Bonchev–Trinajstić information content (AvgIpc) is 2.71. The van der Waals surface area contributed by atoms with Crippen LogP contribution in [0.15, 0.2) is 0 Å². The van der Waals surface area contributed by atoms with Crippen LogP contribution in [-0.4, -0.2) is 33.7 Å². The Morgan fingerprint density at radius 3 is 3.15 bits per heavy atom. The molecule has 0 amide bonds. The van der Waals surface area contributed by atoms with E-state index in [4.69, 9.17) is 10.8 Å². The average molecular weight is 200 g/mol. The molecule has 1 fully saturated rings.